The number of ether oxygens (including phenoxy) is 11. The monoisotopic (exact) mass is 967 g/mol. The molecule has 382 valence electrons. The fourth-order valence-electron chi connectivity index (χ4n) is 5.63. The third kappa shape index (κ3) is 27.1. The maximum absolute atomic E-state index is 13.2. The second-order valence-electron chi connectivity index (χ2n) is 14.2. The highest BCUT2D eigenvalue weighted by Crippen LogP contribution is 2.24. The van der Waals surface area contributed by atoms with Crippen LogP contribution in [0, 0.1) is 0 Å². The Bertz CT molecular complexity index is 1680. The zero-order valence-corrected chi connectivity index (χ0v) is 39.1. The number of alkyl carbamates (subject to hydrolysis) is 1. The molecule has 1 aromatic rings. The molecule has 2 aliphatic rings. The Morgan fingerprint density at radius 3 is 1.59 bits per heavy atom. The molecule has 4 N–H and O–H groups in total. The van der Waals surface area contributed by atoms with Crippen LogP contribution in [0.3, 0.4) is 0 Å². The second-order valence-corrected chi connectivity index (χ2v) is 14.2. The van der Waals surface area contributed by atoms with Gasteiger partial charge in [0.05, 0.1) is 139 Å². The summed E-state index contributed by atoms with van der Waals surface area (Å²) in [6.07, 6.45) is 5.79. The normalized spacial score (nSPS) is 13.3. The lowest BCUT2D eigenvalue weighted by Gasteiger charge is -2.22. The SMILES string of the molecule is CCCN(OCCNC(=O)OCCOCCOCCOCCOCCOCCOCCOCCOCCOCCOCCNC(=O)CN1C(=O)C=CC1=O)C(=O)C1=Cc2cccnc2N=C(N)C1. The molecule has 0 unspecified atom stereocenters. The van der Waals surface area contributed by atoms with E-state index in [1.165, 1.54) is 5.06 Å². The molecule has 0 bridgehead atoms. The van der Waals surface area contributed by atoms with Crippen molar-refractivity contribution in [1.29, 1.82) is 0 Å². The Morgan fingerprint density at radius 2 is 1.10 bits per heavy atom. The molecule has 1 aromatic heterocycles. The van der Waals surface area contributed by atoms with Crippen molar-refractivity contribution in [2.45, 2.75) is 19.8 Å². The number of pyridine rings is 1. The largest absolute Gasteiger partial charge is 0.447 e. The summed E-state index contributed by atoms with van der Waals surface area (Å²) in [5, 5.41) is 6.44. The number of aromatic nitrogens is 1. The number of rotatable bonds is 42. The molecule has 0 saturated heterocycles. The molecule has 0 aromatic carbocycles. The zero-order valence-electron chi connectivity index (χ0n) is 39.1. The summed E-state index contributed by atoms with van der Waals surface area (Å²) in [5.41, 5.74) is 7.14. The molecule has 5 amide bonds. The van der Waals surface area contributed by atoms with Gasteiger partial charge >= 0.3 is 6.09 Å². The van der Waals surface area contributed by atoms with Crippen LogP contribution in [-0.2, 0) is 76.1 Å². The first kappa shape index (κ1) is 57.3. The van der Waals surface area contributed by atoms with Gasteiger partial charge in [0.15, 0.2) is 5.82 Å². The van der Waals surface area contributed by atoms with Crippen molar-refractivity contribution in [2.75, 3.05) is 172 Å². The number of imide groups is 1. The minimum absolute atomic E-state index is 0.0548. The van der Waals surface area contributed by atoms with Crippen molar-refractivity contribution < 1.29 is 80.9 Å². The first-order chi connectivity index (χ1) is 33.3. The Labute approximate surface area is 396 Å². The van der Waals surface area contributed by atoms with Crippen molar-refractivity contribution in [3.05, 3.63) is 41.6 Å². The molecule has 0 saturated carbocycles. The lowest BCUT2D eigenvalue weighted by atomic mass is 10.1. The summed E-state index contributed by atoms with van der Waals surface area (Å²) < 4.78 is 59.7. The number of carbonyl (C=O) groups excluding carboxylic acids is 5. The van der Waals surface area contributed by atoms with Crippen LogP contribution >= 0.6 is 0 Å². The highest BCUT2D eigenvalue weighted by molar-refractivity contribution is 6.14. The van der Waals surface area contributed by atoms with E-state index in [9.17, 15) is 24.0 Å². The highest BCUT2D eigenvalue weighted by Gasteiger charge is 2.25. The summed E-state index contributed by atoms with van der Waals surface area (Å²) >= 11 is 0. The molecular formula is C44H69N7O17. The van der Waals surface area contributed by atoms with E-state index in [4.69, 9.17) is 62.7 Å². The number of nitrogens with one attached hydrogen (secondary N) is 2. The van der Waals surface area contributed by atoms with Crippen LogP contribution in [0.15, 0.2) is 41.0 Å². The first-order valence-electron chi connectivity index (χ1n) is 22.7. The molecule has 3 rings (SSSR count). The Morgan fingerprint density at radius 1 is 0.647 bits per heavy atom. The average molecular weight is 968 g/mol. The standard InChI is InChI=1S/C44H69N7O17/c1-2-10-51(43(55)37-33-36-4-3-7-47-42(36)49-38(45)34-37)68-12-9-48-44(56)67-32-31-66-30-29-65-28-27-64-26-25-63-24-23-62-22-21-61-20-19-60-18-17-59-16-15-58-14-13-57-11-8-46-39(52)35-50-40(53)5-6-41(50)54/h3-7,33H,2,8-32,34-35H2,1H3,(H,46,52)(H,48,56)(H2,45,47,49). The summed E-state index contributed by atoms with van der Waals surface area (Å²) in [5.74, 6) is -1.04. The number of hydroxylamine groups is 2. The summed E-state index contributed by atoms with van der Waals surface area (Å²) in [6, 6.07) is 3.57. The van der Waals surface area contributed by atoms with Crippen LogP contribution in [0.1, 0.15) is 25.3 Å². The van der Waals surface area contributed by atoms with Gasteiger partial charge < -0.3 is 68.5 Å². The number of nitrogens with two attached hydrogens (primary N) is 1. The Kier molecular flexibility index (Phi) is 32.0. The molecule has 3 heterocycles. The van der Waals surface area contributed by atoms with Crippen LogP contribution in [-0.4, -0.2) is 222 Å². The number of fused-ring (bicyclic) bond motifs is 1. The number of nitrogens with zero attached hydrogens (tertiary/aromatic N) is 4. The maximum atomic E-state index is 13.2. The number of aliphatic imine (C=N–C) groups is 1. The van der Waals surface area contributed by atoms with E-state index in [0.717, 1.165) is 17.1 Å². The predicted octanol–water partition coefficient (Wildman–Crippen LogP) is -0.0390. The van der Waals surface area contributed by atoms with Crippen LogP contribution in [0.4, 0.5) is 10.6 Å². The van der Waals surface area contributed by atoms with Gasteiger partial charge in [0.2, 0.25) is 5.91 Å². The predicted molar refractivity (Wildman–Crippen MR) is 242 cm³/mol. The van der Waals surface area contributed by atoms with Gasteiger partial charge in [-0.2, -0.15) is 0 Å². The second kappa shape index (κ2) is 37.9. The van der Waals surface area contributed by atoms with Gasteiger partial charge in [-0.05, 0) is 24.6 Å². The fraction of sp³-hybridized carbons (Fsp3) is 0.659. The first-order valence-corrected chi connectivity index (χ1v) is 22.7. The zero-order chi connectivity index (χ0) is 48.7. The summed E-state index contributed by atoms with van der Waals surface area (Å²) in [4.78, 5) is 75.0. The molecule has 0 aliphatic carbocycles. The molecule has 24 nitrogen and oxygen atoms in total. The Hall–Kier alpha value is -4.99. The topological polar surface area (TPSA) is 278 Å². The molecule has 0 spiro atoms. The van der Waals surface area contributed by atoms with Crippen molar-refractivity contribution >= 4 is 47.5 Å². The Balaban J connectivity index is 0.958. The lowest BCUT2D eigenvalue weighted by molar-refractivity contribution is -0.181. The third-order valence-corrected chi connectivity index (χ3v) is 8.89. The molecule has 68 heavy (non-hydrogen) atoms. The van der Waals surface area contributed by atoms with E-state index in [0.29, 0.717) is 149 Å². The van der Waals surface area contributed by atoms with Gasteiger partial charge in [-0.1, -0.05) is 6.92 Å². The van der Waals surface area contributed by atoms with Crippen molar-refractivity contribution in [1.82, 2.24) is 25.6 Å². The van der Waals surface area contributed by atoms with Crippen molar-refractivity contribution in [2.24, 2.45) is 10.7 Å². The molecular weight excluding hydrogens is 899 g/mol. The summed E-state index contributed by atoms with van der Waals surface area (Å²) in [7, 11) is 0. The van der Waals surface area contributed by atoms with E-state index in [-0.39, 0.29) is 64.2 Å². The number of hydrogen-bond donors (Lipinski definition) is 3. The smallest absolute Gasteiger partial charge is 0.407 e. The number of carbonyl (C=O) groups is 5. The highest BCUT2D eigenvalue weighted by atomic mass is 16.7. The fourth-order valence-corrected chi connectivity index (χ4v) is 5.63. The van der Waals surface area contributed by atoms with E-state index in [2.05, 4.69) is 20.6 Å². The van der Waals surface area contributed by atoms with Gasteiger partial charge in [0.1, 0.15) is 19.0 Å². The van der Waals surface area contributed by atoms with E-state index in [1.54, 1.807) is 18.3 Å². The number of amidine groups is 1. The minimum Gasteiger partial charge on any atom is -0.447 e. The average Bonchev–Trinajstić information content (AvgIpc) is 3.53. The van der Waals surface area contributed by atoms with Crippen LogP contribution in [0.2, 0.25) is 0 Å². The molecule has 2 aliphatic heterocycles. The molecule has 0 radical (unpaired) electrons. The minimum atomic E-state index is -0.629. The lowest BCUT2D eigenvalue weighted by Crippen LogP contribution is -2.41. The van der Waals surface area contributed by atoms with Gasteiger partial charge in [-0.25, -0.2) is 19.8 Å². The van der Waals surface area contributed by atoms with E-state index >= 15 is 0 Å². The van der Waals surface area contributed by atoms with Crippen molar-refractivity contribution in [3.63, 3.8) is 0 Å². The maximum Gasteiger partial charge on any atom is 0.407 e. The van der Waals surface area contributed by atoms with E-state index in [1.807, 2.05) is 13.0 Å². The molecule has 0 fully saturated rings. The summed E-state index contributed by atoms with van der Waals surface area (Å²) in [6.45, 7) is 10.4. The van der Waals surface area contributed by atoms with E-state index < -0.39 is 23.8 Å². The molecule has 0 atom stereocenters. The molecule has 24 heteroatoms. The van der Waals surface area contributed by atoms with Crippen LogP contribution < -0.4 is 16.4 Å². The number of amides is 5. The third-order valence-electron chi connectivity index (χ3n) is 8.89. The van der Waals surface area contributed by atoms with Crippen LogP contribution in [0.5, 0.6) is 0 Å². The number of hydrogen-bond acceptors (Lipinski definition) is 20. The quantitative estimate of drug-likeness (QED) is 0.0440. The van der Waals surface area contributed by atoms with Crippen LogP contribution in [0.25, 0.3) is 6.08 Å². The van der Waals surface area contributed by atoms with Gasteiger partial charge in [0.25, 0.3) is 17.7 Å². The van der Waals surface area contributed by atoms with Gasteiger partial charge in [0, 0.05) is 55.5 Å². The van der Waals surface area contributed by atoms with Gasteiger partial charge in [-0.15, -0.1) is 0 Å². The van der Waals surface area contributed by atoms with Gasteiger partial charge in [-0.3, -0.25) is 28.9 Å². The van der Waals surface area contributed by atoms with Crippen molar-refractivity contribution in [3.8, 4) is 0 Å².